The molecule has 10 heteroatoms. The Bertz CT molecular complexity index is 1320. The Labute approximate surface area is 433 Å². The van der Waals surface area contributed by atoms with Crippen LogP contribution < -0.4 is 0 Å². The summed E-state index contributed by atoms with van der Waals surface area (Å²) in [5.74, 6) is -0.866. The zero-order valence-corrected chi connectivity index (χ0v) is 47.4. The van der Waals surface area contributed by atoms with Crippen LogP contribution in [0.3, 0.4) is 0 Å². The Kier molecular flexibility index (Phi) is 50.4. The Hall–Kier alpha value is -2.03. The number of rotatable bonds is 54. The van der Waals surface area contributed by atoms with Gasteiger partial charge in [0.2, 0.25) is 0 Å². The van der Waals surface area contributed by atoms with E-state index in [0.717, 1.165) is 51.4 Å². The van der Waals surface area contributed by atoms with Crippen molar-refractivity contribution in [3.63, 3.8) is 0 Å². The van der Waals surface area contributed by atoms with E-state index >= 15 is 0 Å². The Morgan fingerprint density at radius 3 is 1.13 bits per heavy atom. The maximum Gasteiger partial charge on any atom is 0.472 e. The lowest BCUT2D eigenvalue weighted by molar-refractivity contribution is -0.870. The monoisotopic (exact) mass is 1010 g/mol. The van der Waals surface area contributed by atoms with Crippen molar-refractivity contribution in [3.8, 4) is 0 Å². The van der Waals surface area contributed by atoms with Crippen molar-refractivity contribution in [2.24, 2.45) is 0 Å². The molecular formula is C60H113NO8P+. The van der Waals surface area contributed by atoms with Crippen LogP contribution in [-0.2, 0) is 32.7 Å². The molecule has 0 spiro atoms. The fourth-order valence-corrected chi connectivity index (χ4v) is 9.00. The first-order chi connectivity index (χ1) is 34.0. The van der Waals surface area contributed by atoms with Gasteiger partial charge in [-0.3, -0.25) is 18.6 Å². The summed E-state index contributed by atoms with van der Waals surface area (Å²) >= 11 is 0. The SMILES string of the molecule is CCCCCCCCCCCCCCCC/C=C\C/C=C\CCCCC(=O)OC[C@H](COP(=O)(O)OCC[N+](C)(C)C)OC(=O)CCCC/C=C\C/C=C\CCCCCCCCCCCCCCCC. The van der Waals surface area contributed by atoms with E-state index in [0.29, 0.717) is 23.9 Å². The van der Waals surface area contributed by atoms with Gasteiger partial charge in [0.05, 0.1) is 27.7 Å². The first-order valence-electron chi connectivity index (χ1n) is 29.4. The minimum Gasteiger partial charge on any atom is -0.462 e. The molecule has 0 saturated carbocycles. The van der Waals surface area contributed by atoms with E-state index in [1.165, 1.54) is 180 Å². The average molecular weight is 1010 g/mol. The average Bonchev–Trinajstić information content (AvgIpc) is 3.32. The predicted octanol–water partition coefficient (Wildman–Crippen LogP) is 18.1. The largest absolute Gasteiger partial charge is 0.472 e. The molecule has 0 amide bonds. The van der Waals surface area contributed by atoms with E-state index in [2.05, 4.69) is 62.5 Å². The van der Waals surface area contributed by atoms with Crippen LogP contribution in [0.5, 0.6) is 0 Å². The summed E-state index contributed by atoms with van der Waals surface area (Å²) in [5.41, 5.74) is 0. The smallest absolute Gasteiger partial charge is 0.462 e. The second-order valence-electron chi connectivity index (χ2n) is 21.0. The van der Waals surface area contributed by atoms with E-state index in [1.807, 2.05) is 21.1 Å². The number of hydrogen-bond acceptors (Lipinski definition) is 7. The second-order valence-corrected chi connectivity index (χ2v) is 22.5. The van der Waals surface area contributed by atoms with Crippen LogP contribution in [0.25, 0.3) is 0 Å². The Morgan fingerprint density at radius 2 is 0.771 bits per heavy atom. The second kappa shape index (κ2) is 51.9. The molecular weight excluding hydrogens is 894 g/mol. The Balaban J connectivity index is 4.25. The molecule has 0 aliphatic heterocycles. The van der Waals surface area contributed by atoms with Crippen LogP contribution in [0.4, 0.5) is 0 Å². The zero-order valence-electron chi connectivity index (χ0n) is 46.5. The van der Waals surface area contributed by atoms with Crippen molar-refractivity contribution in [2.75, 3.05) is 47.5 Å². The van der Waals surface area contributed by atoms with Gasteiger partial charge in [0, 0.05) is 12.8 Å². The molecule has 2 atom stereocenters. The number of phosphoric ester groups is 1. The van der Waals surface area contributed by atoms with Crippen molar-refractivity contribution in [1.82, 2.24) is 0 Å². The minimum atomic E-state index is -4.40. The van der Waals surface area contributed by atoms with Gasteiger partial charge in [-0.1, -0.05) is 229 Å². The zero-order chi connectivity index (χ0) is 51.3. The number of ether oxygens (including phenoxy) is 2. The van der Waals surface area contributed by atoms with Gasteiger partial charge >= 0.3 is 19.8 Å². The maximum atomic E-state index is 12.8. The third-order valence-corrected chi connectivity index (χ3v) is 13.8. The van der Waals surface area contributed by atoms with E-state index in [1.54, 1.807) is 0 Å². The third kappa shape index (κ3) is 55.3. The molecule has 9 nitrogen and oxygen atoms in total. The highest BCUT2D eigenvalue weighted by atomic mass is 31.2. The van der Waals surface area contributed by atoms with Crippen LogP contribution in [-0.4, -0.2) is 74.9 Å². The van der Waals surface area contributed by atoms with Gasteiger partial charge in [-0.2, -0.15) is 0 Å². The van der Waals surface area contributed by atoms with Gasteiger partial charge in [-0.25, -0.2) is 4.57 Å². The molecule has 1 N–H and O–H groups in total. The first-order valence-corrected chi connectivity index (χ1v) is 30.9. The highest BCUT2D eigenvalue weighted by Crippen LogP contribution is 2.43. The highest BCUT2D eigenvalue weighted by molar-refractivity contribution is 7.47. The van der Waals surface area contributed by atoms with E-state index in [-0.39, 0.29) is 26.1 Å². The number of nitrogens with zero attached hydrogens (tertiary/aromatic N) is 1. The van der Waals surface area contributed by atoms with Gasteiger partial charge in [0.1, 0.15) is 19.8 Å². The highest BCUT2D eigenvalue weighted by Gasteiger charge is 2.27. The first kappa shape index (κ1) is 68.0. The lowest BCUT2D eigenvalue weighted by atomic mass is 10.0. The molecule has 0 saturated heterocycles. The summed E-state index contributed by atoms with van der Waals surface area (Å²) in [4.78, 5) is 35.6. The lowest BCUT2D eigenvalue weighted by Crippen LogP contribution is -2.37. The number of hydrogen-bond donors (Lipinski definition) is 1. The van der Waals surface area contributed by atoms with Gasteiger partial charge in [0.25, 0.3) is 0 Å². The van der Waals surface area contributed by atoms with Crippen LogP contribution in [0.15, 0.2) is 48.6 Å². The van der Waals surface area contributed by atoms with Crippen molar-refractivity contribution in [2.45, 2.75) is 277 Å². The number of likely N-dealkylation sites (N-methyl/N-ethyl adjacent to an activating group) is 1. The number of allylic oxidation sites excluding steroid dienone is 8. The number of phosphoric acid groups is 1. The summed E-state index contributed by atoms with van der Waals surface area (Å²) in [7, 11) is 1.44. The van der Waals surface area contributed by atoms with Crippen molar-refractivity contribution in [1.29, 1.82) is 0 Å². The summed E-state index contributed by atoms with van der Waals surface area (Å²) in [6.45, 7) is 4.40. The van der Waals surface area contributed by atoms with Gasteiger partial charge in [-0.05, 0) is 77.0 Å². The molecule has 0 bridgehead atoms. The van der Waals surface area contributed by atoms with E-state index in [9.17, 15) is 19.0 Å². The molecule has 0 heterocycles. The van der Waals surface area contributed by atoms with E-state index in [4.69, 9.17) is 18.5 Å². The lowest BCUT2D eigenvalue weighted by Gasteiger charge is -2.24. The molecule has 0 aromatic rings. The van der Waals surface area contributed by atoms with Crippen LogP contribution in [0.1, 0.15) is 271 Å². The van der Waals surface area contributed by atoms with E-state index < -0.39 is 32.5 Å². The number of esters is 2. The topological polar surface area (TPSA) is 108 Å². The normalized spacial score (nSPS) is 13.6. The van der Waals surface area contributed by atoms with Crippen LogP contribution in [0.2, 0.25) is 0 Å². The minimum absolute atomic E-state index is 0.0203. The number of unbranched alkanes of at least 4 members (excludes halogenated alkanes) is 32. The summed E-state index contributed by atoms with van der Waals surface area (Å²) in [6, 6.07) is 0. The molecule has 0 fully saturated rings. The van der Waals surface area contributed by atoms with Crippen molar-refractivity contribution >= 4 is 19.8 Å². The fourth-order valence-electron chi connectivity index (χ4n) is 8.25. The fraction of sp³-hybridized carbons (Fsp3) is 0.833. The van der Waals surface area contributed by atoms with Crippen LogP contribution in [0, 0.1) is 0 Å². The standard InChI is InChI=1S/C60H112NO8P/c1-6-8-10-12-14-16-18-20-22-24-26-28-30-32-34-36-38-40-42-44-46-48-50-52-59(62)66-56-58(57-68-70(64,65)67-55-54-61(3,4)5)69-60(63)53-51-49-47-45-43-41-39-37-35-33-31-29-27-25-23-21-19-17-15-13-11-9-7-2/h36-39,42-45,58H,6-35,40-41,46-57H2,1-5H3/p+1/b38-36-,39-37-,44-42-,45-43-/t58-/m1/s1. The molecule has 0 aromatic carbocycles. The quantitative estimate of drug-likeness (QED) is 0.0211. The van der Waals surface area contributed by atoms with Crippen molar-refractivity contribution in [3.05, 3.63) is 48.6 Å². The molecule has 70 heavy (non-hydrogen) atoms. The Morgan fingerprint density at radius 1 is 0.443 bits per heavy atom. The maximum absolute atomic E-state index is 12.8. The molecule has 1 unspecified atom stereocenters. The summed E-state index contributed by atoms with van der Waals surface area (Å²) in [6.07, 6.45) is 64.9. The summed E-state index contributed by atoms with van der Waals surface area (Å²) < 4.78 is 34.5. The third-order valence-electron chi connectivity index (χ3n) is 12.8. The van der Waals surface area contributed by atoms with Crippen LogP contribution >= 0.6 is 7.82 Å². The predicted molar refractivity (Wildman–Crippen MR) is 298 cm³/mol. The van der Waals surface area contributed by atoms with Crippen molar-refractivity contribution < 1.29 is 42.1 Å². The van der Waals surface area contributed by atoms with Gasteiger partial charge < -0.3 is 18.9 Å². The molecule has 0 aliphatic rings. The molecule has 0 rings (SSSR count). The summed E-state index contributed by atoms with van der Waals surface area (Å²) in [5, 5.41) is 0. The van der Waals surface area contributed by atoms with Gasteiger partial charge in [0.15, 0.2) is 6.10 Å². The number of carbonyl (C=O) groups is 2. The van der Waals surface area contributed by atoms with Gasteiger partial charge in [-0.15, -0.1) is 0 Å². The number of carbonyl (C=O) groups excluding carboxylic acids is 2. The molecule has 410 valence electrons. The number of quaternary nitrogens is 1. The molecule has 0 aliphatic carbocycles. The molecule has 0 radical (unpaired) electrons. The molecule has 0 aromatic heterocycles.